The van der Waals surface area contributed by atoms with Crippen molar-refractivity contribution in [1.82, 2.24) is 5.32 Å². The number of hydrogen-bond acceptors (Lipinski definition) is 14. The molecule has 9 N–H and O–H groups in total. The van der Waals surface area contributed by atoms with E-state index in [4.69, 9.17) is 23.7 Å². The average molecular weight is 578 g/mol. The van der Waals surface area contributed by atoms with Gasteiger partial charge in [0.2, 0.25) is 12.2 Å². The van der Waals surface area contributed by atoms with Gasteiger partial charge in [-0.3, -0.25) is 4.79 Å². The molecular formula is C24H35NO15. The summed E-state index contributed by atoms with van der Waals surface area (Å²) in [6, 6.07) is 4.70. The number of aliphatic hydroxyl groups excluding tert-OH is 7. The smallest absolute Gasteiger partial charge is 0.364 e. The van der Waals surface area contributed by atoms with Crippen molar-refractivity contribution in [2.24, 2.45) is 0 Å². The summed E-state index contributed by atoms with van der Waals surface area (Å²) in [5, 5.41) is 83.9. The van der Waals surface area contributed by atoms with E-state index in [2.05, 4.69) is 5.32 Å². The first-order chi connectivity index (χ1) is 18.8. The molecule has 3 rings (SSSR count). The van der Waals surface area contributed by atoms with E-state index in [0.717, 1.165) is 6.92 Å². The van der Waals surface area contributed by atoms with Gasteiger partial charge in [-0.1, -0.05) is 0 Å². The Kier molecular flexibility index (Phi) is 10.6. The minimum absolute atomic E-state index is 0.206. The van der Waals surface area contributed by atoms with E-state index in [1.54, 1.807) is 12.1 Å². The molecule has 2 aliphatic rings. The first-order valence-corrected chi connectivity index (χ1v) is 12.3. The minimum Gasteiger partial charge on any atom is -0.497 e. The van der Waals surface area contributed by atoms with Gasteiger partial charge in [0.1, 0.15) is 54.2 Å². The number of hydrogen-bond donors (Lipinski definition) is 9. The maximum atomic E-state index is 12.3. The van der Waals surface area contributed by atoms with E-state index in [-0.39, 0.29) is 5.75 Å². The zero-order chi connectivity index (χ0) is 29.8. The lowest BCUT2D eigenvalue weighted by Crippen LogP contribution is -2.68. The molecule has 1 aromatic rings. The topological polar surface area (TPSA) is 254 Å². The Morgan fingerprint density at radius 3 is 2.25 bits per heavy atom. The number of carbonyl (C=O) groups is 2. The van der Waals surface area contributed by atoms with Crippen LogP contribution in [0.4, 0.5) is 0 Å². The van der Waals surface area contributed by atoms with Crippen LogP contribution in [-0.4, -0.2) is 140 Å². The molecule has 40 heavy (non-hydrogen) atoms. The Hall–Kier alpha value is -2.64. The molecule has 16 nitrogen and oxygen atoms in total. The Labute approximate surface area is 228 Å². The first kappa shape index (κ1) is 31.9. The Morgan fingerprint density at radius 2 is 1.70 bits per heavy atom. The first-order valence-electron chi connectivity index (χ1n) is 12.3. The largest absolute Gasteiger partial charge is 0.497 e. The number of benzene rings is 1. The fourth-order valence-corrected chi connectivity index (χ4v) is 4.43. The molecule has 16 heteroatoms. The molecular weight excluding hydrogens is 542 g/mol. The van der Waals surface area contributed by atoms with E-state index in [1.807, 2.05) is 0 Å². The van der Waals surface area contributed by atoms with Crippen LogP contribution < -0.4 is 14.8 Å². The summed E-state index contributed by atoms with van der Waals surface area (Å²) in [6.45, 7) is -0.647. The van der Waals surface area contributed by atoms with Crippen molar-refractivity contribution >= 4 is 11.9 Å². The molecule has 0 radical (unpaired) electrons. The fourth-order valence-electron chi connectivity index (χ4n) is 4.43. The van der Waals surface area contributed by atoms with Gasteiger partial charge >= 0.3 is 5.97 Å². The number of carbonyl (C=O) groups excluding carboxylic acids is 1. The van der Waals surface area contributed by atoms with Crippen molar-refractivity contribution in [3.8, 4) is 11.5 Å². The maximum absolute atomic E-state index is 12.3. The van der Waals surface area contributed by atoms with Gasteiger partial charge in [-0.05, 0) is 24.3 Å². The molecule has 0 saturated carbocycles. The van der Waals surface area contributed by atoms with Crippen LogP contribution in [0.1, 0.15) is 13.3 Å². The summed E-state index contributed by atoms with van der Waals surface area (Å²) >= 11 is 0. The molecule has 11 unspecified atom stereocenters. The molecule has 2 heterocycles. The van der Waals surface area contributed by atoms with Crippen LogP contribution in [-0.2, 0) is 23.8 Å². The van der Waals surface area contributed by atoms with Crippen molar-refractivity contribution in [1.29, 1.82) is 0 Å². The fraction of sp³-hybridized carbons (Fsp3) is 0.667. The Bertz CT molecular complexity index is 995. The summed E-state index contributed by atoms with van der Waals surface area (Å²) in [5.74, 6) is -4.42. The van der Waals surface area contributed by atoms with E-state index < -0.39 is 98.5 Å². The van der Waals surface area contributed by atoms with Crippen LogP contribution in [0.5, 0.6) is 11.5 Å². The summed E-state index contributed by atoms with van der Waals surface area (Å²) in [6.07, 6.45) is -16.4. The highest BCUT2D eigenvalue weighted by molar-refractivity contribution is 5.76. The second-order valence-corrected chi connectivity index (χ2v) is 9.50. The summed E-state index contributed by atoms with van der Waals surface area (Å²) < 4.78 is 27.2. The van der Waals surface area contributed by atoms with Gasteiger partial charge in [0.05, 0.1) is 32.5 Å². The van der Waals surface area contributed by atoms with Crippen molar-refractivity contribution in [2.45, 2.75) is 80.3 Å². The number of nitrogens with one attached hydrogen (secondary N) is 1. The molecule has 2 fully saturated rings. The Balaban J connectivity index is 1.80. The molecule has 11 atom stereocenters. The highest BCUT2D eigenvalue weighted by Crippen LogP contribution is 2.35. The van der Waals surface area contributed by atoms with Gasteiger partial charge in [-0.15, -0.1) is 0 Å². The van der Waals surface area contributed by atoms with Gasteiger partial charge in [-0.25, -0.2) is 4.79 Å². The van der Waals surface area contributed by atoms with Crippen LogP contribution >= 0.6 is 0 Å². The molecule has 0 aromatic heterocycles. The lowest BCUT2D eigenvalue weighted by molar-refractivity contribution is -0.332. The predicted octanol–water partition coefficient (Wildman–Crippen LogP) is -3.95. The third-order valence-corrected chi connectivity index (χ3v) is 6.65. The van der Waals surface area contributed by atoms with Crippen LogP contribution in [0.25, 0.3) is 0 Å². The normalized spacial score (nSPS) is 35.8. The van der Waals surface area contributed by atoms with E-state index in [9.17, 15) is 50.4 Å². The number of rotatable bonds is 11. The van der Waals surface area contributed by atoms with Crippen LogP contribution in [0.3, 0.4) is 0 Å². The summed E-state index contributed by atoms with van der Waals surface area (Å²) in [5.41, 5.74) is 0. The quantitative estimate of drug-likeness (QED) is 0.122. The van der Waals surface area contributed by atoms with Gasteiger partial charge in [-0.2, -0.15) is 0 Å². The zero-order valence-corrected chi connectivity index (χ0v) is 21.6. The van der Waals surface area contributed by atoms with Crippen molar-refractivity contribution in [3.05, 3.63) is 24.3 Å². The minimum atomic E-state index is -2.70. The SMILES string of the molecule is COc1ccc(OC2OC(COC3(C(=O)O)CC(O)C(NC(C)=O)C(C(O)C(O)CO)O3)C(O)C(O)C2O)cc1. The highest BCUT2D eigenvalue weighted by Gasteiger charge is 2.56. The Morgan fingerprint density at radius 1 is 1.07 bits per heavy atom. The lowest BCUT2D eigenvalue weighted by Gasteiger charge is -2.47. The van der Waals surface area contributed by atoms with Crippen molar-refractivity contribution in [3.63, 3.8) is 0 Å². The maximum Gasteiger partial charge on any atom is 0.364 e. The summed E-state index contributed by atoms with van der Waals surface area (Å²) in [7, 11) is 1.46. The predicted molar refractivity (Wildman–Crippen MR) is 129 cm³/mol. The molecule has 2 aliphatic heterocycles. The number of aliphatic carboxylic acids is 1. The standard InChI is InChI=1S/C24H35NO15/c1-10(27)25-16-13(28)7-24(23(34)35,40-21(16)17(30)14(29)8-26)37-9-15-18(31)19(32)20(33)22(39-15)38-12-5-3-11(36-2)4-6-12/h3-6,13-22,26,28-33H,7-9H2,1-2H3,(H,25,27)(H,34,35). The number of ether oxygens (including phenoxy) is 5. The molecule has 0 bridgehead atoms. The molecule has 0 spiro atoms. The number of amides is 1. The van der Waals surface area contributed by atoms with Crippen molar-refractivity contribution < 1.29 is 74.1 Å². The van der Waals surface area contributed by atoms with E-state index in [1.165, 1.54) is 19.2 Å². The third-order valence-electron chi connectivity index (χ3n) is 6.65. The molecule has 226 valence electrons. The van der Waals surface area contributed by atoms with Crippen LogP contribution in [0, 0.1) is 0 Å². The average Bonchev–Trinajstić information content (AvgIpc) is 2.93. The van der Waals surface area contributed by atoms with Crippen molar-refractivity contribution in [2.75, 3.05) is 20.3 Å². The second-order valence-electron chi connectivity index (χ2n) is 9.50. The van der Waals surface area contributed by atoms with Crippen LogP contribution in [0.2, 0.25) is 0 Å². The molecule has 2 saturated heterocycles. The number of carboxylic acids is 1. The number of aliphatic hydroxyl groups is 7. The lowest BCUT2D eigenvalue weighted by atomic mass is 9.88. The van der Waals surface area contributed by atoms with Crippen LogP contribution in [0.15, 0.2) is 24.3 Å². The zero-order valence-electron chi connectivity index (χ0n) is 21.6. The van der Waals surface area contributed by atoms with E-state index >= 15 is 0 Å². The monoisotopic (exact) mass is 577 g/mol. The highest BCUT2D eigenvalue weighted by atomic mass is 16.7. The van der Waals surface area contributed by atoms with Gasteiger partial charge in [0.25, 0.3) is 5.79 Å². The van der Waals surface area contributed by atoms with E-state index in [0.29, 0.717) is 5.75 Å². The van der Waals surface area contributed by atoms with Gasteiger partial charge in [0, 0.05) is 13.3 Å². The molecule has 1 aromatic carbocycles. The molecule has 0 aliphatic carbocycles. The van der Waals surface area contributed by atoms with Gasteiger partial charge in [0.15, 0.2) is 0 Å². The summed E-state index contributed by atoms with van der Waals surface area (Å²) in [4.78, 5) is 24.0. The second kappa shape index (κ2) is 13.3. The van der Waals surface area contributed by atoms with Gasteiger partial charge < -0.3 is 69.9 Å². The molecule has 1 amide bonds. The number of methoxy groups -OCH3 is 1. The number of carboxylic acid groups (broad SMARTS) is 1. The third kappa shape index (κ3) is 6.98.